The number of halogens is 2. The molecule has 0 radical (unpaired) electrons. The van der Waals surface area contributed by atoms with E-state index in [1.807, 2.05) is 42.5 Å². The zero-order valence-electron chi connectivity index (χ0n) is 16.1. The highest BCUT2D eigenvalue weighted by Gasteiger charge is 2.08. The molecule has 0 aliphatic rings. The molecule has 0 amide bonds. The number of rotatable bonds is 9. The second-order valence-electron chi connectivity index (χ2n) is 6.79. The average molecular weight is 510 g/mol. The highest BCUT2D eigenvalue weighted by Crippen LogP contribution is 2.24. The fraction of sp³-hybridized carbons (Fsp3) is 0.182. The molecule has 0 heterocycles. The predicted octanol–water partition coefficient (Wildman–Crippen LogP) is 4.66. The summed E-state index contributed by atoms with van der Waals surface area (Å²) in [5, 5.41) is 9.22. The zero-order chi connectivity index (χ0) is 21.6. The van der Waals surface area contributed by atoms with Crippen molar-refractivity contribution in [1.82, 2.24) is 5.32 Å². The van der Waals surface area contributed by atoms with E-state index in [0.29, 0.717) is 18.2 Å². The van der Waals surface area contributed by atoms with Crippen LogP contribution in [0.4, 0.5) is 0 Å². The lowest BCUT2D eigenvalue weighted by Gasteiger charge is -2.13. The average Bonchev–Trinajstić information content (AvgIpc) is 2.70. The number of benzene rings is 3. The smallest absolute Gasteiger partial charge is 0.238 e. The number of nitrogens with two attached hydrogens (primary N) is 1. The van der Waals surface area contributed by atoms with Gasteiger partial charge >= 0.3 is 0 Å². The van der Waals surface area contributed by atoms with E-state index in [4.69, 9.17) is 21.5 Å². The fourth-order valence-corrected chi connectivity index (χ4v) is 4.05. The van der Waals surface area contributed by atoms with E-state index in [1.165, 1.54) is 12.1 Å². The van der Waals surface area contributed by atoms with Gasteiger partial charge in [0.05, 0.1) is 4.90 Å². The van der Waals surface area contributed by atoms with E-state index in [0.717, 1.165) is 39.9 Å². The Bertz CT molecular complexity index is 1110. The van der Waals surface area contributed by atoms with Crippen LogP contribution in [0.3, 0.4) is 0 Å². The summed E-state index contributed by atoms with van der Waals surface area (Å²) < 4.78 is 29.6. The Hall–Kier alpha value is -1.90. The van der Waals surface area contributed by atoms with Gasteiger partial charge in [0.25, 0.3) is 0 Å². The number of hydrogen-bond donors (Lipinski definition) is 2. The van der Waals surface area contributed by atoms with E-state index in [-0.39, 0.29) is 4.90 Å². The van der Waals surface area contributed by atoms with Gasteiger partial charge in [0.15, 0.2) is 0 Å². The Kier molecular flexibility index (Phi) is 7.91. The number of ether oxygens (including phenoxy) is 1. The molecule has 0 aliphatic carbocycles. The summed E-state index contributed by atoms with van der Waals surface area (Å²) in [6, 6.07) is 20.1. The van der Waals surface area contributed by atoms with Gasteiger partial charge in [-0.3, -0.25) is 0 Å². The molecule has 3 N–H and O–H groups in total. The molecular formula is C22H22BrClN2O3S. The number of primary sulfonamides is 1. The standard InChI is InChI=1S/C22H22BrClN2O3S/c23-19-6-9-22(29-15-17-2-1-3-20(24)12-17)18(13-19)14-26-11-10-16-4-7-21(8-5-16)30(25,27)28/h1-9,12-13,26H,10-11,14-15H2,(H2,25,27,28). The third kappa shape index (κ3) is 6.82. The van der Waals surface area contributed by atoms with Crippen molar-refractivity contribution in [1.29, 1.82) is 0 Å². The normalized spacial score (nSPS) is 11.4. The van der Waals surface area contributed by atoms with Crippen LogP contribution in [0.25, 0.3) is 0 Å². The second-order valence-corrected chi connectivity index (χ2v) is 9.70. The largest absolute Gasteiger partial charge is 0.489 e. The van der Waals surface area contributed by atoms with Crippen molar-refractivity contribution in [2.75, 3.05) is 6.54 Å². The molecule has 0 saturated carbocycles. The molecule has 0 aliphatic heterocycles. The maximum Gasteiger partial charge on any atom is 0.238 e. The zero-order valence-corrected chi connectivity index (χ0v) is 19.3. The van der Waals surface area contributed by atoms with Gasteiger partial charge in [-0.2, -0.15) is 0 Å². The van der Waals surface area contributed by atoms with Gasteiger partial charge in [-0.1, -0.05) is 51.8 Å². The van der Waals surface area contributed by atoms with Crippen LogP contribution < -0.4 is 15.2 Å². The van der Waals surface area contributed by atoms with Gasteiger partial charge in [-0.05, 0) is 66.6 Å². The molecule has 0 saturated heterocycles. The Morgan fingerprint density at radius 1 is 1.00 bits per heavy atom. The highest BCUT2D eigenvalue weighted by molar-refractivity contribution is 9.10. The molecule has 0 spiro atoms. The molecular weight excluding hydrogens is 488 g/mol. The van der Waals surface area contributed by atoms with Crippen LogP contribution in [0, 0.1) is 0 Å². The van der Waals surface area contributed by atoms with Crippen molar-refractivity contribution < 1.29 is 13.2 Å². The molecule has 0 aromatic heterocycles. The van der Waals surface area contributed by atoms with Crippen molar-refractivity contribution in [2.45, 2.75) is 24.5 Å². The first-order valence-electron chi connectivity index (χ1n) is 9.29. The van der Waals surface area contributed by atoms with Gasteiger partial charge in [-0.15, -0.1) is 0 Å². The monoisotopic (exact) mass is 508 g/mol. The van der Waals surface area contributed by atoms with E-state index >= 15 is 0 Å². The molecule has 5 nitrogen and oxygen atoms in total. The Labute approximate surface area is 190 Å². The SMILES string of the molecule is NS(=O)(=O)c1ccc(CCNCc2cc(Br)ccc2OCc2cccc(Cl)c2)cc1. The minimum absolute atomic E-state index is 0.120. The van der Waals surface area contributed by atoms with Gasteiger partial charge in [0.2, 0.25) is 10.0 Å². The molecule has 0 atom stereocenters. The Morgan fingerprint density at radius 3 is 2.47 bits per heavy atom. The van der Waals surface area contributed by atoms with E-state index in [1.54, 1.807) is 12.1 Å². The van der Waals surface area contributed by atoms with Crippen LogP contribution in [0.1, 0.15) is 16.7 Å². The highest BCUT2D eigenvalue weighted by atomic mass is 79.9. The lowest BCUT2D eigenvalue weighted by atomic mass is 10.1. The van der Waals surface area contributed by atoms with Crippen LogP contribution in [0.5, 0.6) is 5.75 Å². The van der Waals surface area contributed by atoms with Crippen LogP contribution >= 0.6 is 27.5 Å². The maximum absolute atomic E-state index is 11.3. The minimum atomic E-state index is -3.66. The van der Waals surface area contributed by atoms with Crippen molar-refractivity contribution in [3.8, 4) is 5.75 Å². The third-order valence-electron chi connectivity index (χ3n) is 4.46. The first-order chi connectivity index (χ1) is 14.3. The molecule has 30 heavy (non-hydrogen) atoms. The predicted molar refractivity (Wildman–Crippen MR) is 123 cm³/mol. The first-order valence-corrected chi connectivity index (χ1v) is 12.0. The Morgan fingerprint density at radius 2 is 1.77 bits per heavy atom. The molecule has 158 valence electrons. The lowest BCUT2D eigenvalue weighted by Crippen LogP contribution is -2.17. The Balaban J connectivity index is 1.55. The third-order valence-corrected chi connectivity index (χ3v) is 6.12. The molecule has 3 aromatic carbocycles. The summed E-state index contributed by atoms with van der Waals surface area (Å²) >= 11 is 9.55. The summed E-state index contributed by atoms with van der Waals surface area (Å²) in [6.07, 6.45) is 0.762. The second kappa shape index (κ2) is 10.4. The van der Waals surface area contributed by atoms with Gasteiger partial charge in [-0.25, -0.2) is 13.6 Å². The number of hydrogen-bond acceptors (Lipinski definition) is 4. The number of sulfonamides is 1. The van der Waals surface area contributed by atoms with Crippen LogP contribution in [-0.4, -0.2) is 15.0 Å². The number of nitrogens with one attached hydrogen (secondary N) is 1. The van der Waals surface area contributed by atoms with Crippen LogP contribution in [-0.2, 0) is 29.6 Å². The summed E-state index contributed by atoms with van der Waals surface area (Å²) in [6.45, 7) is 1.81. The minimum Gasteiger partial charge on any atom is -0.489 e. The lowest BCUT2D eigenvalue weighted by molar-refractivity contribution is 0.302. The van der Waals surface area contributed by atoms with Crippen molar-refractivity contribution in [2.24, 2.45) is 5.14 Å². The first kappa shape index (κ1) is 22.8. The molecule has 0 unspecified atom stereocenters. The molecule has 3 aromatic rings. The summed E-state index contributed by atoms with van der Waals surface area (Å²) in [4.78, 5) is 0.120. The topological polar surface area (TPSA) is 81.4 Å². The van der Waals surface area contributed by atoms with Crippen LogP contribution in [0.15, 0.2) is 76.1 Å². The quantitative estimate of drug-likeness (QED) is 0.411. The molecule has 3 rings (SSSR count). The molecule has 0 fully saturated rings. The van der Waals surface area contributed by atoms with E-state index in [2.05, 4.69) is 21.2 Å². The maximum atomic E-state index is 11.3. The van der Waals surface area contributed by atoms with Crippen molar-refractivity contribution in [3.63, 3.8) is 0 Å². The molecule has 8 heteroatoms. The van der Waals surface area contributed by atoms with Crippen molar-refractivity contribution >= 4 is 37.6 Å². The fourth-order valence-electron chi connectivity index (χ4n) is 2.92. The van der Waals surface area contributed by atoms with Crippen molar-refractivity contribution in [3.05, 3.63) is 92.9 Å². The summed E-state index contributed by atoms with van der Waals surface area (Å²) in [5.41, 5.74) is 3.07. The van der Waals surface area contributed by atoms with Gasteiger partial charge in [0.1, 0.15) is 12.4 Å². The molecule has 0 bridgehead atoms. The summed E-state index contributed by atoms with van der Waals surface area (Å²) in [7, 11) is -3.66. The van der Waals surface area contributed by atoms with Crippen LogP contribution in [0.2, 0.25) is 5.02 Å². The summed E-state index contributed by atoms with van der Waals surface area (Å²) in [5.74, 6) is 0.809. The van der Waals surface area contributed by atoms with E-state index in [9.17, 15) is 8.42 Å². The van der Waals surface area contributed by atoms with Gasteiger partial charge < -0.3 is 10.1 Å². The van der Waals surface area contributed by atoms with E-state index < -0.39 is 10.0 Å². The van der Waals surface area contributed by atoms with Gasteiger partial charge in [0, 0.05) is 21.6 Å².